The number of hydrogen-bond donors (Lipinski definition) is 0. The van der Waals surface area contributed by atoms with E-state index >= 15 is 0 Å². The maximum atomic E-state index is 9.88. The molecule has 0 radical (unpaired) electrons. The summed E-state index contributed by atoms with van der Waals surface area (Å²) in [5.41, 5.74) is 11.7. The minimum atomic E-state index is 0.609. The van der Waals surface area contributed by atoms with Crippen LogP contribution >= 0.6 is 0 Å². The van der Waals surface area contributed by atoms with Gasteiger partial charge in [-0.3, -0.25) is 0 Å². The SMILES string of the molecule is N#Cc1ccc(N(c2ccc3c(-c4ccc5ccccc5c4)c4cc(N(c5ccc(C#N)cc5)c5cccc6ccccc56)ccc4c(-c4ccc5ccccc5c4)c3c2)c2cccc3ccccc23)cc1. The normalized spacial score (nSPS) is 11.3. The van der Waals surface area contributed by atoms with Crippen LogP contribution < -0.4 is 9.80 Å². The molecule has 0 bridgehead atoms. The van der Waals surface area contributed by atoms with Crippen molar-refractivity contribution in [3.05, 3.63) is 266 Å². The molecule has 0 heterocycles. The smallest absolute Gasteiger partial charge is 0.0991 e. The number of nitrogens with zero attached hydrogens (tertiary/aromatic N) is 4. The molecule has 0 saturated heterocycles. The third-order valence-electron chi connectivity index (χ3n) is 14.2. The van der Waals surface area contributed by atoms with Crippen molar-refractivity contribution in [2.75, 3.05) is 9.80 Å². The van der Waals surface area contributed by atoms with E-state index in [1.165, 1.54) is 21.5 Å². The highest BCUT2D eigenvalue weighted by Crippen LogP contribution is 2.50. The molecule has 0 fully saturated rings. The van der Waals surface area contributed by atoms with Crippen molar-refractivity contribution in [1.29, 1.82) is 10.5 Å². The van der Waals surface area contributed by atoms with Gasteiger partial charge in [-0.05, 0) is 173 Å². The molecular weight excluding hydrogens is 873 g/mol. The van der Waals surface area contributed by atoms with Gasteiger partial charge >= 0.3 is 0 Å². The Bertz CT molecular complexity index is 4070. The van der Waals surface area contributed by atoms with Crippen LogP contribution in [0.1, 0.15) is 11.1 Å². The van der Waals surface area contributed by atoms with Crippen LogP contribution in [0.5, 0.6) is 0 Å². The van der Waals surface area contributed by atoms with Crippen LogP contribution in [0.3, 0.4) is 0 Å². The lowest BCUT2D eigenvalue weighted by atomic mass is 9.84. The highest BCUT2D eigenvalue weighted by molar-refractivity contribution is 6.23. The van der Waals surface area contributed by atoms with Crippen LogP contribution in [0, 0.1) is 22.7 Å². The lowest BCUT2D eigenvalue weighted by Gasteiger charge is -2.29. The summed E-state index contributed by atoms with van der Waals surface area (Å²) in [6.07, 6.45) is 0. The largest absolute Gasteiger partial charge is 0.310 e. The molecule has 0 N–H and O–H groups in total. The van der Waals surface area contributed by atoms with Gasteiger partial charge in [-0.1, -0.05) is 158 Å². The predicted molar refractivity (Wildman–Crippen MR) is 301 cm³/mol. The van der Waals surface area contributed by atoms with Crippen LogP contribution in [0.2, 0.25) is 0 Å². The topological polar surface area (TPSA) is 54.1 Å². The zero-order valence-corrected chi connectivity index (χ0v) is 39.0. The molecule has 0 aliphatic heterocycles. The van der Waals surface area contributed by atoms with Crippen molar-refractivity contribution in [2.45, 2.75) is 0 Å². The van der Waals surface area contributed by atoms with Gasteiger partial charge in [-0.15, -0.1) is 0 Å². The molecule has 0 atom stereocenters. The maximum Gasteiger partial charge on any atom is 0.0991 e. The average Bonchev–Trinajstić information content (AvgIpc) is 3.45. The highest BCUT2D eigenvalue weighted by Gasteiger charge is 2.24. The first-order valence-corrected chi connectivity index (χ1v) is 24.2. The fraction of sp³-hybridized carbons (Fsp3) is 0. The van der Waals surface area contributed by atoms with Crippen molar-refractivity contribution in [3.8, 4) is 34.4 Å². The minimum absolute atomic E-state index is 0.609. The molecule has 0 spiro atoms. The molecule has 13 rings (SSSR count). The van der Waals surface area contributed by atoms with Gasteiger partial charge in [0.1, 0.15) is 0 Å². The van der Waals surface area contributed by atoms with E-state index in [2.05, 4.69) is 228 Å². The van der Waals surface area contributed by atoms with Gasteiger partial charge in [-0.2, -0.15) is 10.5 Å². The summed E-state index contributed by atoms with van der Waals surface area (Å²) in [6.45, 7) is 0. The summed E-state index contributed by atoms with van der Waals surface area (Å²) >= 11 is 0. The lowest BCUT2D eigenvalue weighted by molar-refractivity contribution is 1.30. The van der Waals surface area contributed by atoms with Gasteiger partial charge in [0, 0.05) is 33.5 Å². The monoisotopic (exact) mass is 914 g/mol. The molecule has 0 unspecified atom stereocenters. The van der Waals surface area contributed by atoms with Crippen molar-refractivity contribution < 1.29 is 0 Å². The summed E-state index contributed by atoms with van der Waals surface area (Å²) in [4.78, 5) is 4.66. The number of rotatable bonds is 8. The first-order valence-electron chi connectivity index (χ1n) is 24.2. The Morgan fingerprint density at radius 1 is 0.250 bits per heavy atom. The van der Waals surface area contributed by atoms with E-state index in [-0.39, 0.29) is 0 Å². The standard InChI is InChI=1S/C68H42N4/c69-43-45-23-31-55(32-24-45)71(65-21-9-17-49-13-5-7-19-59(49)65)57-36-38-62-63(41-57)67(53-29-27-47-11-1-3-15-51(47)39-53)61-37-35-58(42-64(61)68(62)54-30-28-48-12-2-4-16-52(48)40-54)72(56-33-25-46(44-70)26-34-56)66-22-10-18-50-14-6-8-20-60(50)66/h1-42H. The van der Waals surface area contributed by atoms with Crippen molar-refractivity contribution in [3.63, 3.8) is 0 Å². The van der Waals surface area contributed by atoms with E-state index in [1.807, 2.05) is 48.5 Å². The van der Waals surface area contributed by atoms with E-state index in [4.69, 9.17) is 0 Å². The van der Waals surface area contributed by atoms with Crippen LogP contribution in [0.15, 0.2) is 255 Å². The van der Waals surface area contributed by atoms with E-state index in [0.29, 0.717) is 11.1 Å². The Morgan fingerprint density at radius 2 is 0.611 bits per heavy atom. The van der Waals surface area contributed by atoms with Gasteiger partial charge in [0.2, 0.25) is 0 Å². The van der Waals surface area contributed by atoms with Gasteiger partial charge in [0.25, 0.3) is 0 Å². The third-order valence-corrected chi connectivity index (χ3v) is 14.2. The molecule has 0 saturated carbocycles. The summed E-state index contributed by atoms with van der Waals surface area (Å²) in [5, 5.41) is 33.5. The van der Waals surface area contributed by atoms with Gasteiger partial charge in [0.05, 0.1) is 34.6 Å². The molecular formula is C68H42N4. The first-order chi connectivity index (χ1) is 35.6. The van der Waals surface area contributed by atoms with E-state index in [0.717, 1.165) is 99.5 Å². The molecule has 0 amide bonds. The van der Waals surface area contributed by atoms with Crippen LogP contribution in [-0.4, -0.2) is 0 Å². The minimum Gasteiger partial charge on any atom is -0.310 e. The lowest BCUT2D eigenvalue weighted by Crippen LogP contribution is -2.11. The summed E-state index contributed by atoms with van der Waals surface area (Å²) < 4.78 is 0. The zero-order valence-electron chi connectivity index (χ0n) is 39.0. The Kier molecular flexibility index (Phi) is 10.2. The second kappa shape index (κ2) is 17.5. The molecule has 72 heavy (non-hydrogen) atoms. The summed E-state index contributed by atoms with van der Waals surface area (Å²) in [7, 11) is 0. The van der Waals surface area contributed by atoms with Gasteiger partial charge in [0.15, 0.2) is 0 Å². The fourth-order valence-corrected chi connectivity index (χ4v) is 10.8. The average molecular weight is 915 g/mol. The number of anilines is 6. The highest BCUT2D eigenvalue weighted by atomic mass is 15.1. The summed E-state index contributed by atoms with van der Waals surface area (Å²) in [6, 6.07) is 95.2. The quantitative estimate of drug-likeness (QED) is 0.143. The molecule has 13 aromatic carbocycles. The first kappa shape index (κ1) is 42.1. The molecule has 0 aliphatic rings. The molecule has 13 aromatic rings. The maximum absolute atomic E-state index is 9.88. The second-order valence-electron chi connectivity index (χ2n) is 18.3. The number of nitriles is 2. The van der Waals surface area contributed by atoms with E-state index in [9.17, 15) is 10.5 Å². The van der Waals surface area contributed by atoms with E-state index < -0.39 is 0 Å². The predicted octanol–water partition coefficient (Wildman–Crippen LogP) is 18.6. The Balaban J connectivity index is 1.15. The zero-order chi connectivity index (χ0) is 48.1. The van der Waals surface area contributed by atoms with Crippen molar-refractivity contribution in [1.82, 2.24) is 0 Å². The number of benzene rings is 13. The number of fused-ring (bicyclic) bond motifs is 6. The Labute approximate surface area is 417 Å². The van der Waals surface area contributed by atoms with Gasteiger partial charge < -0.3 is 9.80 Å². The van der Waals surface area contributed by atoms with E-state index in [1.54, 1.807) is 0 Å². The summed E-state index contributed by atoms with van der Waals surface area (Å²) in [5.74, 6) is 0. The Morgan fingerprint density at radius 3 is 1.03 bits per heavy atom. The fourth-order valence-electron chi connectivity index (χ4n) is 10.8. The van der Waals surface area contributed by atoms with Crippen molar-refractivity contribution in [2.24, 2.45) is 0 Å². The van der Waals surface area contributed by atoms with Crippen LogP contribution in [0.4, 0.5) is 34.1 Å². The molecule has 0 aromatic heterocycles. The molecule has 334 valence electrons. The Hall–Kier alpha value is -10.0. The molecule has 4 heteroatoms. The van der Waals surface area contributed by atoms with Gasteiger partial charge in [-0.25, -0.2) is 0 Å². The second-order valence-corrected chi connectivity index (χ2v) is 18.3. The molecule has 4 nitrogen and oxygen atoms in total. The third kappa shape index (κ3) is 7.23. The van der Waals surface area contributed by atoms with Crippen LogP contribution in [0.25, 0.3) is 86.9 Å². The molecule has 0 aliphatic carbocycles. The van der Waals surface area contributed by atoms with Crippen LogP contribution in [-0.2, 0) is 0 Å². The van der Waals surface area contributed by atoms with Crippen molar-refractivity contribution >= 4 is 98.8 Å². The number of hydrogen-bond acceptors (Lipinski definition) is 4.